The molecule has 4 rings (SSSR count). The lowest BCUT2D eigenvalue weighted by atomic mass is 9.89. The Hall–Kier alpha value is -2.21. The zero-order valence-corrected chi connectivity index (χ0v) is 14.8. The Morgan fingerprint density at radius 1 is 1.19 bits per heavy atom. The molecular weight excluding hydrogens is 339 g/mol. The molecule has 1 fully saturated rings. The van der Waals surface area contributed by atoms with Gasteiger partial charge in [0, 0.05) is 36.9 Å². The van der Waals surface area contributed by atoms with E-state index >= 15 is 0 Å². The molecule has 2 aromatic carbocycles. The molecule has 0 bridgehead atoms. The van der Waals surface area contributed by atoms with Gasteiger partial charge in [-0.25, -0.2) is 0 Å². The number of nitrogens with zero attached hydrogens (tertiary/aromatic N) is 1. The molecule has 2 heterocycles. The lowest BCUT2D eigenvalue weighted by molar-refractivity contribution is -0.137. The Kier molecular flexibility index (Phi) is 4.10. The highest BCUT2D eigenvalue weighted by Crippen LogP contribution is 2.50. The number of nitrogens with one attached hydrogen (secondary N) is 2. The number of hydrogen-bond acceptors (Lipinski definition) is 3. The van der Waals surface area contributed by atoms with Crippen LogP contribution in [0.2, 0.25) is 0 Å². The Labute approximate surface area is 151 Å². The standard InChI is InChI=1S/C20H22F3N3/c1-12-5-3-4-6-17(12)25-13-9-14-15-11-24-8-7-18(15)26(2)19(14)16(10-13)20(21,22)23/h3-6,9-10,15,18,24-25H,7-8,11H2,1-2H3/t15-,18-/m0/s1. The van der Waals surface area contributed by atoms with Crippen molar-refractivity contribution in [3.8, 4) is 0 Å². The van der Waals surface area contributed by atoms with Crippen molar-refractivity contribution in [2.45, 2.75) is 31.5 Å². The maximum Gasteiger partial charge on any atom is 0.418 e. The van der Waals surface area contributed by atoms with Gasteiger partial charge in [0.05, 0.1) is 11.3 Å². The van der Waals surface area contributed by atoms with Gasteiger partial charge >= 0.3 is 6.18 Å². The van der Waals surface area contributed by atoms with Crippen molar-refractivity contribution in [2.24, 2.45) is 0 Å². The van der Waals surface area contributed by atoms with Gasteiger partial charge in [0.2, 0.25) is 0 Å². The van der Waals surface area contributed by atoms with Crippen LogP contribution >= 0.6 is 0 Å². The molecule has 2 aliphatic rings. The summed E-state index contributed by atoms with van der Waals surface area (Å²) in [5, 5.41) is 6.51. The highest BCUT2D eigenvalue weighted by atomic mass is 19.4. The highest BCUT2D eigenvalue weighted by Gasteiger charge is 2.45. The largest absolute Gasteiger partial charge is 0.418 e. The van der Waals surface area contributed by atoms with E-state index in [4.69, 9.17) is 0 Å². The molecule has 0 amide bonds. The van der Waals surface area contributed by atoms with Gasteiger partial charge in [0.1, 0.15) is 0 Å². The van der Waals surface area contributed by atoms with Gasteiger partial charge in [-0.2, -0.15) is 13.2 Å². The van der Waals surface area contributed by atoms with E-state index in [-0.39, 0.29) is 12.0 Å². The normalized spacial score (nSPS) is 22.1. The molecule has 0 saturated carbocycles. The van der Waals surface area contributed by atoms with Crippen molar-refractivity contribution in [2.75, 3.05) is 30.4 Å². The number of alkyl halides is 3. The summed E-state index contributed by atoms with van der Waals surface area (Å²) in [6.45, 7) is 3.50. The van der Waals surface area contributed by atoms with Crippen LogP contribution in [-0.4, -0.2) is 26.2 Å². The van der Waals surface area contributed by atoms with E-state index in [1.807, 2.05) is 42.2 Å². The summed E-state index contributed by atoms with van der Waals surface area (Å²) >= 11 is 0. The Bertz CT molecular complexity index is 832. The summed E-state index contributed by atoms with van der Waals surface area (Å²) in [5.74, 6) is 0.0865. The summed E-state index contributed by atoms with van der Waals surface area (Å²) in [6, 6.07) is 10.9. The molecule has 2 aromatic rings. The minimum Gasteiger partial charge on any atom is -0.370 e. The molecule has 138 valence electrons. The van der Waals surface area contributed by atoms with Crippen molar-refractivity contribution in [3.63, 3.8) is 0 Å². The van der Waals surface area contributed by atoms with Gasteiger partial charge in [-0.1, -0.05) is 18.2 Å². The second kappa shape index (κ2) is 6.20. The van der Waals surface area contributed by atoms with Crippen molar-refractivity contribution in [1.82, 2.24) is 5.32 Å². The molecule has 0 aromatic heterocycles. The third-order valence-corrected chi connectivity index (χ3v) is 5.56. The molecule has 1 saturated heterocycles. The minimum atomic E-state index is -4.39. The third-order valence-electron chi connectivity index (χ3n) is 5.56. The molecule has 0 unspecified atom stereocenters. The van der Waals surface area contributed by atoms with Crippen LogP contribution in [0.1, 0.15) is 29.0 Å². The summed E-state index contributed by atoms with van der Waals surface area (Å²) < 4.78 is 41.5. The van der Waals surface area contributed by atoms with Gasteiger partial charge < -0.3 is 15.5 Å². The molecule has 2 aliphatic heterocycles. The van der Waals surface area contributed by atoms with Gasteiger partial charge in [0.25, 0.3) is 0 Å². The summed E-state index contributed by atoms with van der Waals surface area (Å²) in [5.41, 5.74) is 2.89. The van der Waals surface area contributed by atoms with E-state index < -0.39 is 11.7 Å². The van der Waals surface area contributed by atoms with E-state index in [2.05, 4.69) is 10.6 Å². The second-order valence-corrected chi connectivity index (χ2v) is 7.18. The first kappa shape index (κ1) is 17.2. The van der Waals surface area contributed by atoms with Gasteiger partial charge in [-0.3, -0.25) is 0 Å². The summed E-state index contributed by atoms with van der Waals surface area (Å²) in [4.78, 5) is 1.83. The first-order valence-electron chi connectivity index (χ1n) is 8.87. The first-order chi connectivity index (χ1) is 12.4. The van der Waals surface area contributed by atoms with Crippen LogP contribution < -0.4 is 15.5 Å². The quantitative estimate of drug-likeness (QED) is 0.815. The molecule has 2 N–H and O–H groups in total. The van der Waals surface area contributed by atoms with Crippen molar-refractivity contribution < 1.29 is 13.2 Å². The number of hydrogen-bond donors (Lipinski definition) is 2. The van der Waals surface area contributed by atoms with Crippen molar-refractivity contribution >= 4 is 17.1 Å². The van der Waals surface area contributed by atoms with E-state index in [0.717, 1.165) is 29.8 Å². The Balaban J connectivity index is 1.82. The average Bonchev–Trinajstić information content (AvgIpc) is 2.89. The lowest BCUT2D eigenvalue weighted by Crippen LogP contribution is -2.42. The van der Waals surface area contributed by atoms with Gasteiger partial charge in [-0.05, 0) is 49.2 Å². The zero-order valence-electron chi connectivity index (χ0n) is 14.8. The molecular formula is C20H22F3N3. The predicted octanol–water partition coefficient (Wildman–Crippen LogP) is 4.65. The van der Waals surface area contributed by atoms with E-state index in [0.29, 0.717) is 17.9 Å². The number of rotatable bonds is 2. The minimum absolute atomic E-state index is 0.0865. The molecule has 0 aliphatic carbocycles. The zero-order chi connectivity index (χ0) is 18.5. The number of piperidine rings is 1. The fraction of sp³-hybridized carbons (Fsp3) is 0.400. The topological polar surface area (TPSA) is 27.3 Å². The fourth-order valence-corrected chi connectivity index (χ4v) is 4.28. The van der Waals surface area contributed by atoms with Crippen molar-refractivity contribution in [3.05, 3.63) is 53.1 Å². The summed E-state index contributed by atoms with van der Waals surface area (Å²) in [6.07, 6.45) is -3.53. The number of para-hydroxylation sites is 1. The fourth-order valence-electron chi connectivity index (χ4n) is 4.28. The number of halogens is 3. The molecule has 6 heteroatoms. The van der Waals surface area contributed by atoms with Crippen LogP contribution in [0, 0.1) is 6.92 Å². The van der Waals surface area contributed by atoms with Crippen LogP contribution in [0.3, 0.4) is 0 Å². The van der Waals surface area contributed by atoms with Crippen LogP contribution in [-0.2, 0) is 6.18 Å². The first-order valence-corrected chi connectivity index (χ1v) is 8.87. The SMILES string of the molecule is Cc1ccccc1Nc1cc2c(c(C(F)(F)F)c1)N(C)[C@H]1CCNC[C@@H]21. The van der Waals surface area contributed by atoms with Gasteiger partial charge in [0.15, 0.2) is 0 Å². The molecule has 26 heavy (non-hydrogen) atoms. The lowest BCUT2D eigenvalue weighted by Gasteiger charge is -2.31. The Morgan fingerprint density at radius 2 is 1.96 bits per heavy atom. The van der Waals surface area contributed by atoms with Crippen molar-refractivity contribution in [1.29, 1.82) is 0 Å². The van der Waals surface area contributed by atoms with E-state index in [9.17, 15) is 13.2 Å². The number of aryl methyl sites for hydroxylation is 1. The van der Waals surface area contributed by atoms with Gasteiger partial charge in [-0.15, -0.1) is 0 Å². The van der Waals surface area contributed by atoms with E-state index in [1.165, 1.54) is 6.07 Å². The number of benzene rings is 2. The molecule has 2 atom stereocenters. The predicted molar refractivity (Wildman–Crippen MR) is 98.3 cm³/mol. The maximum atomic E-state index is 13.8. The van der Waals surface area contributed by atoms with Crippen LogP contribution in [0.4, 0.5) is 30.2 Å². The highest BCUT2D eigenvalue weighted by molar-refractivity contribution is 5.75. The maximum absolute atomic E-state index is 13.8. The van der Waals surface area contributed by atoms with Crippen LogP contribution in [0.25, 0.3) is 0 Å². The molecule has 3 nitrogen and oxygen atoms in total. The number of likely N-dealkylation sites (N-methyl/N-ethyl adjacent to an activating group) is 1. The third kappa shape index (κ3) is 2.82. The van der Waals surface area contributed by atoms with Crippen LogP contribution in [0.5, 0.6) is 0 Å². The summed E-state index contributed by atoms with van der Waals surface area (Å²) in [7, 11) is 1.79. The molecule has 0 spiro atoms. The monoisotopic (exact) mass is 361 g/mol. The smallest absolute Gasteiger partial charge is 0.370 e. The Morgan fingerprint density at radius 3 is 2.69 bits per heavy atom. The van der Waals surface area contributed by atoms with Crippen LogP contribution in [0.15, 0.2) is 36.4 Å². The number of fused-ring (bicyclic) bond motifs is 3. The molecule has 0 radical (unpaired) electrons. The number of anilines is 3. The van der Waals surface area contributed by atoms with E-state index in [1.54, 1.807) is 7.05 Å². The average molecular weight is 361 g/mol. The second-order valence-electron chi connectivity index (χ2n) is 7.18.